The van der Waals surface area contributed by atoms with Crippen LogP contribution in [0.25, 0.3) is 0 Å². The topological polar surface area (TPSA) is 145 Å². The Labute approximate surface area is 256 Å². The molecule has 2 amide bonds. The minimum Gasteiger partial charge on any atom is -0.391 e. The molecule has 5 N–H and O–H groups in total. The van der Waals surface area contributed by atoms with Crippen LogP contribution in [-0.2, 0) is 17.8 Å². The summed E-state index contributed by atoms with van der Waals surface area (Å²) in [6.07, 6.45) is 3.61. The second-order valence-electron chi connectivity index (χ2n) is 11.6. The fraction of sp³-hybridized carbons (Fsp3) is 0.586. The number of rotatable bonds is 8. The van der Waals surface area contributed by atoms with E-state index in [1.807, 2.05) is 18.2 Å². The number of anilines is 2. The van der Waals surface area contributed by atoms with Crippen LogP contribution in [0, 0.1) is 0 Å². The fourth-order valence-electron chi connectivity index (χ4n) is 6.51. The Balaban J connectivity index is 1.18. The normalized spacial score (nSPS) is 22.6. The molecule has 0 aliphatic carbocycles. The molecule has 0 unspecified atom stereocenters. The molecular formula is C29H40Cl2N8O3. The van der Waals surface area contributed by atoms with Crippen LogP contribution in [0.1, 0.15) is 54.2 Å². The maximum atomic E-state index is 12.9. The van der Waals surface area contributed by atoms with E-state index < -0.39 is 12.0 Å². The molecule has 1 aromatic carbocycles. The first-order valence-corrected chi connectivity index (χ1v) is 15.5. The van der Waals surface area contributed by atoms with Crippen molar-refractivity contribution in [3.63, 3.8) is 0 Å². The maximum Gasteiger partial charge on any atom is 0.271 e. The van der Waals surface area contributed by atoms with Crippen molar-refractivity contribution >= 4 is 46.7 Å². The van der Waals surface area contributed by atoms with Gasteiger partial charge in [-0.2, -0.15) is 0 Å². The van der Waals surface area contributed by atoms with E-state index in [0.29, 0.717) is 48.9 Å². The molecule has 3 aliphatic heterocycles. The fourth-order valence-corrected chi connectivity index (χ4v) is 6.95. The van der Waals surface area contributed by atoms with Crippen LogP contribution in [0.4, 0.5) is 11.6 Å². The molecule has 13 heteroatoms. The van der Waals surface area contributed by atoms with Gasteiger partial charge in [-0.15, -0.1) is 0 Å². The van der Waals surface area contributed by atoms with Crippen molar-refractivity contribution in [2.24, 2.45) is 5.73 Å². The second kappa shape index (κ2) is 13.3. The second-order valence-corrected chi connectivity index (χ2v) is 12.4. The molecule has 11 nitrogen and oxygen atoms in total. The highest BCUT2D eigenvalue weighted by molar-refractivity contribution is 6.32. The summed E-state index contributed by atoms with van der Waals surface area (Å²) in [5, 5.41) is 10.6. The monoisotopic (exact) mass is 618 g/mol. The van der Waals surface area contributed by atoms with E-state index in [0.717, 1.165) is 69.7 Å². The molecule has 0 radical (unpaired) electrons. The van der Waals surface area contributed by atoms with E-state index in [4.69, 9.17) is 34.7 Å². The zero-order chi connectivity index (χ0) is 30.0. The van der Waals surface area contributed by atoms with Crippen LogP contribution >= 0.6 is 23.2 Å². The third kappa shape index (κ3) is 6.92. The molecule has 0 bridgehead atoms. The minimum atomic E-state index is -0.750. The van der Waals surface area contributed by atoms with Crippen LogP contribution in [0.15, 0.2) is 18.2 Å². The van der Waals surface area contributed by atoms with Crippen LogP contribution in [0.3, 0.4) is 0 Å². The number of likely N-dealkylation sites (tertiary alicyclic amines) is 2. The van der Waals surface area contributed by atoms with Gasteiger partial charge >= 0.3 is 0 Å². The highest BCUT2D eigenvalue weighted by Gasteiger charge is 2.35. The lowest BCUT2D eigenvalue weighted by Gasteiger charge is -2.47. The van der Waals surface area contributed by atoms with Crippen molar-refractivity contribution in [2.45, 2.75) is 63.8 Å². The van der Waals surface area contributed by atoms with Crippen molar-refractivity contribution in [1.29, 1.82) is 0 Å². The molecule has 2 atom stereocenters. The van der Waals surface area contributed by atoms with Gasteiger partial charge in [-0.25, -0.2) is 9.97 Å². The smallest absolute Gasteiger partial charge is 0.271 e. The highest BCUT2D eigenvalue weighted by Crippen LogP contribution is 2.30. The van der Waals surface area contributed by atoms with Gasteiger partial charge in [-0.3, -0.25) is 19.4 Å². The minimum absolute atomic E-state index is 0.00666. The number of aliphatic hydroxyl groups excluding tert-OH is 1. The molecule has 0 saturated carbocycles. The number of β-amino-alcohol motifs (C(OH)–C–C–N with tert-alkyl or cyclic N) is 1. The molecule has 0 spiro atoms. The third-order valence-corrected chi connectivity index (χ3v) is 9.33. The Morgan fingerprint density at radius 3 is 2.45 bits per heavy atom. The molecule has 2 aromatic rings. The first-order valence-electron chi connectivity index (χ1n) is 14.7. The quantitative estimate of drug-likeness (QED) is 0.405. The molecule has 3 fully saturated rings. The lowest BCUT2D eigenvalue weighted by atomic mass is 9.97. The number of piperidine rings is 1. The molecule has 5 rings (SSSR count). The van der Waals surface area contributed by atoms with Crippen LogP contribution in [-0.4, -0.2) is 106 Å². The Hall–Kier alpha value is -2.70. The van der Waals surface area contributed by atoms with Gasteiger partial charge < -0.3 is 26.4 Å². The van der Waals surface area contributed by atoms with Crippen LogP contribution in [0.5, 0.6) is 0 Å². The zero-order valence-electron chi connectivity index (χ0n) is 24.0. The van der Waals surface area contributed by atoms with Crippen LogP contribution < -0.4 is 16.4 Å². The number of nitrogen functional groups attached to an aromatic ring is 1. The van der Waals surface area contributed by atoms with E-state index in [1.54, 1.807) is 4.90 Å². The van der Waals surface area contributed by atoms with Gasteiger partial charge in [0.2, 0.25) is 5.91 Å². The predicted molar refractivity (Wildman–Crippen MR) is 164 cm³/mol. The van der Waals surface area contributed by atoms with Gasteiger partial charge in [0.15, 0.2) is 22.5 Å². The molecule has 3 saturated heterocycles. The van der Waals surface area contributed by atoms with E-state index in [-0.39, 0.29) is 22.6 Å². The number of nitrogens with zero attached hydrogens (tertiary/aromatic N) is 6. The zero-order valence-corrected chi connectivity index (χ0v) is 25.5. The summed E-state index contributed by atoms with van der Waals surface area (Å²) in [6.45, 7) is 8.27. The molecule has 3 aliphatic rings. The van der Waals surface area contributed by atoms with Crippen molar-refractivity contribution in [2.75, 3.05) is 56.4 Å². The Kier molecular flexibility index (Phi) is 9.74. The number of aliphatic hydroxyl groups is 1. The molecule has 228 valence electrons. The van der Waals surface area contributed by atoms with Gasteiger partial charge in [0.05, 0.1) is 12.5 Å². The number of amides is 2. The van der Waals surface area contributed by atoms with Gasteiger partial charge in [-0.05, 0) is 62.0 Å². The highest BCUT2D eigenvalue weighted by atomic mass is 35.5. The van der Waals surface area contributed by atoms with E-state index in [9.17, 15) is 14.7 Å². The van der Waals surface area contributed by atoms with E-state index >= 15 is 0 Å². The predicted octanol–water partition coefficient (Wildman–Crippen LogP) is 2.17. The van der Waals surface area contributed by atoms with Gasteiger partial charge in [0.1, 0.15) is 0 Å². The molecule has 42 heavy (non-hydrogen) atoms. The standard InChI is InChI=1S/C29H40Cl2N8O3/c1-2-21-16-38(29-26(31)34-25(28(33)42)27(32)35-29)11-12-39(21)22-5-8-36(9-6-22)15-18-3-4-20(30)13-19(18)14-24(41)37-10-7-23(40)17-37/h3-4,13,21-23,40H,2,5-12,14-17H2,1H3,(H2,32,35)(H2,33,42)/t21-,23+/m0/s1. The van der Waals surface area contributed by atoms with Crippen LogP contribution in [0.2, 0.25) is 10.2 Å². The molecule has 1 aromatic heterocycles. The molecule has 4 heterocycles. The maximum absolute atomic E-state index is 12.9. The summed E-state index contributed by atoms with van der Waals surface area (Å²) >= 11 is 12.7. The number of carbonyl (C=O) groups excluding carboxylic acids is 2. The summed E-state index contributed by atoms with van der Waals surface area (Å²) in [6, 6.07) is 6.64. The number of aromatic nitrogens is 2. The largest absolute Gasteiger partial charge is 0.391 e. The average molecular weight is 620 g/mol. The number of piperazine rings is 1. The summed E-state index contributed by atoms with van der Waals surface area (Å²) < 4.78 is 0. The lowest BCUT2D eigenvalue weighted by molar-refractivity contribution is -0.129. The Morgan fingerprint density at radius 1 is 1.02 bits per heavy atom. The summed E-state index contributed by atoms with van der Waals surface area (Å²) in [7, 11) is 0. The number of halogens is 2. The van der Waals surface area contributed by atoms with Crippen molar-refractivity contribution < 1.29 is 14.7 Å². The first kappa shape index (κ1) is 30.7. The summed E-state index contributed by atoms with van der Waals surface area (Å²) in [5.74, 6) is -0.227. The molecular weight excluding hydrogens is 579 g/mol. The van der Waals surface area contributed by atoms with Gasteiger partial charge in [0, 0.05) is 56.4 Å². The third-order valence-electron chi connectivity index (χ3n) is 8.84. The van der Waals surface area contributed by atoms with E-state index in [1.165, 1.54) is 0 Å². The van der Waals surface area contributed by atoms with Gasteiger partial charge in [0.25, 0.3) is 5.91 Å². The Morgan fingerprint density at radius 2 is 1.79 bits per heavy atom. The summed E-state index contributed by atoms with van der Waals surface area (Å²) in [4.78, 5) is 41.9. The number of hydrogen-bond donors (Lipinski definition) is 3. The summed E-state index contributed by atoms with van der Waals surface area (Å²) in [5.41, 5.74) is 13.3. The van der Waals surface area contributed by atoms with Gasteiger partial charge in [-0.1, -0.05) is 36.2 Å². The van der Waals surface area contributed by atoms with E-state index in [2.05, 4.69) is 31.6 Å². The van der Waals surface area contributed by atoms with Crippen molar-refractivity contribution in [3.8, 4) is 0 Å². The number of primary amides is 1. The Bertz CT molecular complexity index is 1310. The average Bonchev–Trinajstić information content (AvgIpc) is 3.42. The van der Waals surface area contributed by atoms with Crippen molar-refractivity contribution in [3.05, 3.63) is 45.2 Å². The number of hydrogen-bond acceptors (Lipinski definition) is 9. The van der Waals surface area contributed by atoms with Crippen molar-refractivity contribution in [1.82, 2.24) is 24.7 Å². The number of nitrogens with two attached hydrogens (primary N) is 2. The number of benzene rings is 1. The SMILES string of the molecule is CC[C@H]1CN(c2nc(N)c(C(N)=O)nc2Cl)CCN1C1CCN(Cc2ccc(Cl)cc2CC(=O)N2CC[C@@H](O)C2)CC1. The lowest BCUT2D eigenvalue weighted by Crippen LogP contribution is -2.58. The number of carbonyl (C=O) groups is 2. The first-order chi connectivity index (χ1) is 20.1.